The standard InChI is InChI=1S/C21H34N2O5/c1-14(2)11-17(21(24)28-16-7-5-6-8-16)23-9-10-27-20-18(25-3)12-15(22)13-19(20)26-4/h12-14,16-17,23H,5-11,22H2,1-4H3/t17-/m1/s1. The zero-order valence-electron chi connectivity index (χ0n) is 17.5. The predicted molar refractivity (Wildman–Crippen MR) is 109 cm³/mol. The van der Waals surface area contributed by atoms with Gasteiger partial charge in [0.25, 0.3) is 0 Å². The van der Waals surface area contributed by atoms with Gasteiger partial charge in [-0.2, -0.15) is 0 Å². The highest BCUT2D eigenvalue weighted by Crippen LogP contribution is 2.39. The summed E-state index contributed by atoms with van der Waals surface area (Å²) < 4.78 is 22.2. The summed E-state index contributed by atoms with van der Waals surface area (Å²) in [7, 11) is 3.11. The number of hydrogen-bond donors (Lipinski definition) is 2. The van der Waals surface area contributed by atoms with Crippen molar-refractivity contribution in [1.82, 2.24) is 5.32 Å². The molecule has 158 valence electrons. The lowest BCUT2D eigenvalue weighted by Crippen LogP contribution is -2.42. The molecule has 0 aromatic heterocycles. The summed E-state index contributed by atoms with van der Waals surface area (Å²) in [5.74, 6) is 1.73. The number of carbonyl (C=O) groups is 1. The van der Waals surface area contributed by atoms with E-state index in [9.17, 15) is 4.79 Å². The van der Waals surface area contributed by atoms with Crippen LogP contribution in [-0.4, -0.2) is 45.5 Å². The zero-order valence-corrected chi connectivity index (χ0v) is 17.5. The quantitative estimate of drug-likeness (QED) is 0.338. The monoisotopic (exact) mass is 394 g/mol. The van der Waals surface area contributed by atoms with Gasteiger partial charge in [0.1, 0.15) is 18.8 Å². The Balaban J connectivity index is 1.90. The van der Waals surface area contributed by atoms with E-state index in [1.165, 1.54) is 0 Å². The van der Waals surface area contributed by atoms with Crippen molar-refractivity contribution in [2.75, 3.05) is 33.1 Å². The molecule has 28 heavy (non-hydrogen) atoms. The molecule has 1 aromatic carbocycles. The molecule has 1 fully saturated rings. The molecule has 7 nitrogen and oxygen atoms in total. The predicted octanol–water partition coefficient (Wildman–Crippen LogP) is 3.15. The molecule has 0 unspecified atom stereocenters. The maximum Gasteiger partial charge on any atom is 0.323 e. The summed E-state index contributed by atoms with van der Waals surface area (Å²) in [5.41, 5.74) is 6.37. The lowest BCUT2D eigenvalue weighted by Gasteiger charge is -2.22. The van der Waals surface area contributed by atoms with Crippen LogP contribution in [0.5, 0.6) is 17.2 Å². The number of esters is 1. The molecule has 1 atom stereocenters. The molecule has 3 N–H and O–H groups in total. The van der Waals surface area contributed by atoms with Gasteiger partial charge < -0.3 is 30.0 Å². The van der Waals surface area contributed by atoms with E-state index in [1.807, 2.05) is 0 Å². The van der Waals surface area contributed by atoms with Crippen molar-refractivity contribution in [3.8, 4) is 17.2 Å². The van der Waals surface area contributed by atoms with Crippen LogP contribution in [0.1, 0.15) is 46.0 Å². The van der Waals surface area contributed by atoms with Gasteiger partial charge in [0, 0.05) is 24.4 Å². The smallest absolute Gasteiger partial charge is 0.323 e. The molecular formula is C21H34N2O5. The first-order chi connectivity index (χ1) is 13.4. The van der Waals surface area contributed by atoms with Crippen molar-refractivity contribution in [3.05, 3.63) is 12.1 Å². The Morgan fingerprint density at radius 1 is 1.18 bits per heavy atom. The van der Waals surface area contributed by atoms with Gasteiger partial charge in [0.15, 0.2) is 11.5 Å². The number of nitrogens with one attached hydrogen (secondary N) is 1. The molecule has 1 saturated carbocycles. The first-order valence-corrected chi connectivity index (χ1v) is 10.0. The van der Waals surface area contributed by atoms with E-state index < -0.39 is 0 Å². The highest BCUT2D eigenvalue weighted by molar-refractivity contribution is 5.76. The molecule has 0 heterocycles. The van der Waals surface area contributed by atoms with Gasteiger partial charge in [-0.15, -0.1) is 0 Å². The molecule has 0 aliphatic heterocycles. The number of hydrogen-bond acceptors (Lipinski definition) is 7. The van der Waals surface area contributed by atoms with Crippen LogP contribution in [0.2, 0.25) is 0 Å². The van der Waals surface area contributed by atoms with Crippen LogP contribution >= 0.6 is 0 Å². The molecule has 2 rings (SSSR count). The Morgan fingerprint density at radius 2 is 1.79 bits per heavy atom. The first-order valence-electron chi connectivity index (χ1n) is 10.0. The number of ether oxygens (including phenoxy) is 4. The largest absolute Gasteiger partial charge is 0.493 e. The van der Waals surface area contributed by atoms with Crippen LogP contribution in [0.15, 0.2) is 12.1 Å². The summed E-state index contributed by atoms with van der Waals surface area (Å²) >= 11 is 0. The maximum atomic E-state index is 12.6. The molecule has 0 radical (unpaired) electrons. The summed E-state index contributed by atoms with van der Waals surface area (Å²) in [6.07, 6.45) is 5.02. The van der Waals surface area contributed by atoms with E-state index in [1.54, 1.807) is 26.4 Å². The van der Waals surface area contributed by atoms with Gasteiger partial charge in [-0.3, -0.25) is 4.79 Å². The van der Waals surface area contributed by atoms with Gasteiger partial charge in [0.2, 0.25) is 5.75 Å². The fourth-order valence-corrected chi connectivity index (χ4v) is 3.42. The summed E-state index contributed by atoms with van der Waals surface area (Å²) in [6.45, 7) is 5.03. The molecular weight excluding hydrogens is 360 g/mol. The van der Waals surface area contributed by atoms with E-state index in [0.29, 0.717) is 42.0 Å². The average Bonchev–Trinajstić information content (AvgIpc) is 3.16. The number of benzene rings is 1. The lowest BCUT2D eigenvalue weighted by atomic mass is 10.0. The van der Waals surface area contributed by atoms with Gasteiger partial charge >= 0.3 is 5.97 Å². The SMILES string of the molecule is COc1cc(N)cc(OC)c1OCCN[C@H](CC(C)C)C(=O)OC1CCCC1. The summed E-state index contributed by atoms with van der Waals surface area (Å²) in [6, 6.07) is 3.04. The first kappa shape index (κ1) is 22.1. The number of methoxy groups -OCH3 is 2. The second kappa shape index (κ2) is 11.0. The van der Waals surface area contributed by atoms with Crippen LogP contribution in [-0.2, 0) is 9.53 Å². The van der Waals surface area contributed by atoms with E-state index in [4.69, 9.17) is 24.7 Å². The van der Waals surface area contributed by atoms with Crippen LogP contribution in [0.3, 0.4) is 0 Å². The van der Waals surface area contributed by atoms with Gasteiger partial charge in [-0.1, -0.05) is 13.8 Å². The lowest BCUT2D eigenvalue weighted by molar-refractivity contribution is -0.151. The fourth-order valence-electron chi connectivity index (χ4n) is 3.42. The van der Waals surface area contributed by atoms with Gasteiger partial charge in [0.05, 0.1) is 14.2 Å². The van der Waals surface area contributed by atoms with Crippen LogP contribution in [0.4, 0.5) is 5.69 Å². The van der Waals surface area contributed by atoms with Crippen molar-refractivity contribution < 1.29 is 23.7 Å². The topological polar surface area (TPSA) is 92.0 Å². The number of nitrogens with two attached hydrogens (primary N) is 1. The highest BCUT2D eigenvalue weighted by Gasteiger charge is 2.26. The molecule has 7 heteroatoms. The number of nitrogen functional groups attached to an aromatic ring is 1. The van der Waals surface area contributed by atoms with Crippen molar-refractivity contribution in [2.45, 2.75) is 58.1 Å². The highest BCUT2D eigenvalue weighted by atomic mass is 16.5. The number of anilines is 1. The second-order valence-corrected chi connectivity index (χ2v) is 7.58. The number of rotatable bonds is 11. The average molecular weight is 395 g/mol. The van der Waals surface area contributed by atoms with Gasteiger partial charge in [-0.05, 0) is 38.0 Å². The summed E-state index contributed by atoms with van der Waals surface area (Å²) in [4.78, 5) is 12.6. The second-order valence-electron chi connectivity index (χ2n) is 7.58. The fraction of sp³-hybridized carbons (Fsp3) is 0.667. The Bertz CT molecular complexity index is 604. The molecule has 0 spiro atoms. The minimum atomic E-state index is -0.334. The minimum Gasteiger partial charge on any atom is -0.493 e. The Kier molecular flexibility index (Phi) is 8.70. The normalized spacial score (nSPS) is 15.5. The Labute approximate surface area is 167 Å². The molecule has 1 aliphatic rings. The summed E-state index contributed by atoms with van der Waals surface area (Å²) in [5, 5.41) is 3.28. The van der Waals surface area contributed by atoms with Crippen LogP contribution < -0.4 is 25.3 Å². The third-order valence-electron chi connectivity index (χ3n) is 4.80. The van der Waals surface area contributed by atoms with Crippen LogP contribution in [0, 0.1) is 5.92 Å². The van der Waals surface area contributed by atoms with E-state index in [-0.39, 0.29) is 18.1 Å². The molecule has 0 saturated heterocycles. The van der Waals surface area contributed by atoms with E-state index in [2.05, 4.69) is 19.2 Å². The third kappa shape index (κ3) is 6.48. The zero-order chi connectivity index (χ0) is 20.5. The van der Waals surface area contributed by atoms with Gasteiger partial charge in [-0.25, -0.2) is 0 Å². The minimum absolute atomic E-state index is 0.0727. The number of carbonyl (C=O) groups excluding carboxylic acids is 1. The maximum absolute atomic E-state index is 12.6. The van der Waals surface area contributed by atoms with E-state index >= 15 is 0 Å². The Hall–Kier alpha value is -2.15. The third-order valence-corrected chi connectivity index (χ3v) is 4.80. The molecule has 1 aromatic rings. The van der Waals surface area contributed by atoms with Crippen molar-refractivity contribution >= 4 is 11.7 Å². The molecule has 0 amide bonds. The van der Waals surface area contributed by atoms with Crippen molar-refractivity contribution in [2.24, 2.45) is 5.92 Å². The Morgan fingerprint density at radius 3 is 2.32 bits per heavy atom. The van der Waals surface area contributed by atoms with Crippen molar-refractivity contribution in [3.63, 3.8) is 0 Å². The molecule has 0 bridgehead atoms. The van der Waals surface area contributed by atoms with Crippen LogP contribution in [0.25, 0.3) is 0 Å². The van der Waals surface area contributed by atoms with Crippen molar-refractivity contribution in [1.29, 1.82) is 0 Å². The molecule has 1 aliphatic carbocycles. The van der Waals surface area contributed by atoms with E-state index in [0.717, 1.165) is 32.1 Å².